The van der Waals surface area contributed by atoms with Gasteiger partial charge in [-0.05, 0) is 88.1 Å². The van der Waals surface area contributed by atoms with E-state index in [0.717, 1.165) is 18.7 Å². The van der Waals surface area contributed by atoms with Gasteiger partial charge in [0.15, 0.2) is 4.80 Å². The fourth-order valence-electron chi connectivity index (χ4n) is 5.86. The third-order valence-electron chi connectivity index (χ3n) is 8.00. The summed E-state index contributed by atoms with van der Waals surface area (Å²) in [6.45, 7) is 11.1. The van der Waals surface area contributed by atoms with E-state index >= 15 is 0 Å². The van der Waals surface area contributed by atoms with Gasteiger partial charge in [0.05, 0.1) is 30.0 Å². The molecule has 1 fully saturated rings. The molecule has 3 heterocycles. The topological polar surface area (TPSA) is 76.4 Å². The first-order valence-corrected chi connectivity index (χ1v) is 15.0. The smallest absolute Gasteiger partial charge is 0.271 e. The zero-order valence-electron chi connectivity index (χ0n) is 24.7. The standard InChI is InChI=1S/C32H38N4O4S/c1-7-34(8-2)31(38)28-21(4)33-32-36(29(28)24-19-23(39-5)12-14-26(24)40-6)30(37)27(41-32)18-22-11-13-25(20(3)17-22)35-15-9-10-16-35/h11-14,17-19,29H,7-10,15-16H2,1-6H3/b27-18-/t29-/m0/s1. The Bertz CT molecular complexity index is 1680. The highest BCUT2D eigenvalue weighted by molar-refractivity contribution is 7.07. The number of anilines is 1. The van der Waals surface area contributed by atoms with Crippen molar-refractivity contribution in [3.05, 3.63) is 84.0 Å². The molecule has 0 unspecified atom stereocenters. The Morgan fingerprint density at radius 1 is 1.07 bits per heavy atom. The summed E-state index contributed by atoms with van der Waals surface area (Å²) in [6.07, 6.45) is 4.37. The van der Waals surface area contributed by atoms with E-state index in [1.54, 1.807) is 23.7 Å². The van der Waals surface area contributed by atoms with E-state index in [4.69, 9.17) is 14.5 Å². The molecule has 216 valence electrons. The van der Waals surface area contributed by atoms with Crippen LogP contribution in [0, 0.1) is 6.92 Å². The van der Waals surface area contributed by atoms with E-state index < -0.39 is 6.04 Å². The van der Waals surface area contributed by atoms with Crippen LogP contribution in [0.5, 0.6) is 11.5 Å². The van der Waals surface area contributed by atoms with Crippen LogP contribution in [0.2, 0.25) is 0 Å². The second kappa shape index (κ2) is 11.9. The summed E-state index contributed by atoms with van der Waals surface area (Å²) < 4.78 is 13.5. The van der Waals surface area contributed by atoms with Crippen LogP contribution < -0.4 is 29.3 Å². The van der Waals surface area contributed by atoms with Crippen molar-refractivity contribution in [2.45, 2.75) is 46.6 Å². The number of fused-ring (bicyclic) bond motifs is 1. The molecule has 41 heavy (non-hydrogen) atoms. The molecular formula is C32H38N4O4S. The second-order valence-electron chi connectivity index (χ2n) is 10.4. The van der Waals surface area contributed by atoms with Crippen molar-refractivity contribution in [3.8, 4) is 11.5 Å². The highest BCUT2D eigenvalue weighted by Crippen LogP contribution is 2.38. The Balaban J connectivity index is 1.69. The predicted molar refractivity (Wildman–Crippen MR) is 164 cm³/mol. The molecule has 0 N–H and O–H groups in total. The van der Waals surface area contributed by atoms with Crippen LogP contribution in [0.4, 0.5) is 5.69 Å². The summed E-state index contributed by atoms with van der Waals surface area (Å²) >= 11 is 1.34. The zero-order valence-corrected chi connectivity index (χ0v) is 25.5. The lowest BCUT2D eigenvalue weighted by atomic mass is 9.93. The Morgan fingerprint density at radius 2 is 1.80 bits per heavy atom. The number of ether oxygens (including phenoxy) is 2. The van der Waals surface area contributed by atoms with Gasteiger partial charge in [0, 0.05) is 37.4 Å². The number of methoxy groups -OCH3 is 2. The third-order valence-corrected chi connectivity index (χ3v) is 8.98. The van der Waals surface area contributed by atoms with Gasteiger partial charge in [-0.25, -0.2) is 4.99 Å². The molecule has 1 atom stereocenters. The molecule has 2 aliphatic rings. The van der Waals surface area contributed by atoms with Crippen molar-refractivity contribution in [2.24, 2.45) is 4.99 Å². The van der Waals surface area contributed by atoms with Gasteiger partial charge in [-0.15, -0.1) is 0 Å². The molecule has 1 saturated heterocycles. The lowest BCUT2D eigenvalue weighted by Gasteiger charge is -2.30. The summed E-state index contributed by atoms with van der Waals surface area (Å²) in [4.78, 5) is 37.6. The van der Waals surface area contributed by atoms with Crippen molar-refractivity contribution in [1.82, 2.24) is 9.47 Å². The number of hydrogen-bond donors (Lipinski definition) is 0. The molecule has 0 spiro atoms. The molecule has 0 saturated carbocycles. The van der Waals surface area contributed by atoms with Crippen molar-refractivity contribution in [3.63, 3.8) is 0 Å². The van der Waals surface area contributed by atoms with E-state index in [2.05, 4.69) is 30.0 Å². The number of aromatic nitrogens is 1. The van der Waals surface area contributed by atoms with E-state index in [1.165, 1.54) is 35.4 Å². The number of benzene rings is 2. The maximum absolute atomic E-state index is 14.2. The molecule has 2 aromatic carbocycles. The van der Waals surface area contributed by atoms with Crippen molar-refractivity contribution in [1.29, 1.82) is 0 Å². The number of amides is 1. The maximum Gasteiger partial charge on any atom is 0.271 e. The van der Waals surface area contributed by atoms with Crippen molar-refractivity contribution >= 4 is 29.0 Å². The maximum atomic E-state index is 14.2. The fraction of sp³-hybridized carbons (Fsp3) is 0.406. The number of nitrogens with zero attached hydrogens (tertiary/aromatic N) is 4. The molecule has 1 aromatic heterocycles. The summed E-state index contributed by atoms with van der Waals surface area (Å²) in [5.41, 5.74) is 4.94. The second-order valence-corrected chi connectivity index (χ2v) is 11.4. The van der Waals surface area contributed by atoms with E-state index in [1.807, 2.05) is 45.0 Å². The van der Waals surface area contributed by atoms with Gasteiger partial charge in [-0.3, -0.25) is 14.2 Å². The first-order chi connectivity index (χ1) is 19.8. The van der Waals surface area contributed by atoms with Gasteiger partial charge >= 0.3 is 0 Å². The van der Waals surface area contributed by atoms with Crippen LogP contribution in [0.15, 0.2) is 57.5 Å². The van der Waals surface area contributed by atoms with Gasteiger partial charge < -0.3 is 19.3 Å². The molecule has 1 amide bonds. The average molecular weight is 575 g/mol. The van der Waals surface area contributed by atoms with Gasteiger partial charge in [0.25, 0.3) is 11.5 Å². The molecule has 0 radical (unpaired) electrons. The monoisotopic (exact) mass is 574 g/mol. The fourth-order valence-corrected chi connectivity index (χ4v) is 6.90. The average Bonchev–Trinajstić information content (AvgIpc) is 3.61. The van der Waals surface area contributed by atoms with Gasteiger partial charge in [-0.1, -0.05) is 17.4 Å². The summed E-state index contributed by atoms with van der Waals surface area (Å²) in [5, 5.41) is 0. The highest BCUT2D eigenvalue weighted by atomic mass is 32.1. The first-order valence-electron chi connectivity index (χ1n) is 14.2. The molecule has 8 nitrogen and oxygen atoms in total. The van der Waals surface area contributed by atoms with Crippen LogP contribution in [-0.2, 0) is 4.79 Å². The number of hydrogen-bond acceptors (Lipinski definition) is 7. The number of carbonyl (C=O) groups excluding carboxylic acids is 1. The van der Waals surface area contributed by atoms with Crippen molar-refractivity contribution < 1.29 is 14.3 Å². The molecule has 3 aromatic rings. The number of likely N-dealkylation sites (N-methyl/N-ethyl adjacent to an activating group) is 1. The number of thiazole rings is 1. The number of allylic oxidation sites excluding steroid dienone is 1. The van der Waals surface area contributed by atoms with E-state index in [9.17, 15) is 9.59 Å². The number of carbonyl (C=O) groups is 1. The van der Waals surface area contributed by atoms with Crippen LogP contribution >= 0.6 is 11.3 Å². The third kappa shape index (κ3) is 5.30. The molecule has 0 aliphatic carbocycles. The minimum Gasteiger partial charge on any atom is -0.497 e. The van der Waals surface area contributed by atoms with Crippen LogP contribution in [0.1, 0.15) is 56.3 Å². The van der Waals surface area contributed by atoms with Gasteiger partial charge in [-0.2, -0.15) is 0 Å². The molecule has 2 aliphatic heterocycles. The predicted octanol–water partition coefficient (Wildman–Crippen LogP) is 4.03. The summed E-state index contributed by atoms with van der Waals surface area (Å²) in [7, 11) is 3.18. The normalized spacial score (nSPS) is 17.0. The number of rotatable bonds is 8. The summed E-state index contributed by atoms with van der Waals surface area (Å²) in [6, 6.07) is 11.1. The van der Waals surface area contributed by atoms with Crippen molar-refractivity contribution in [2.75, 3.05) is 45.3 Å². The van der Waals surface area contributed by atoms with E-state index in [0.29, 0.717) is 50.8 Å². The highest BCUT2D eigenvalue weighted by Gasteiger charge is 2.36. The van der Waals surface area contributed by atoms with Crippen LogP contribution in [0.3, 0.4) is 0 Å². The molecule has 0 bridgehead atoms. The minimum atomic E-state index is -0.717. The SMILES string of the molecule is CCN(CC)C(=O)C1=C(C)N=c2s/c(=C\c3ccc(N4CCCC4)c(C)c3)c(=O)n2[C@H]1c1cc(OC)ccc1OC. The molecular weight excluding hydrogens is 536 g/mol. The van der Waals surface area contributed by atoms with Gasteiger partial charge in [0.2, 0.25) is 0 Å². The Hall–Kier alpha value is -3.85. The Morgan fingerprint density at radius 3 is 2.44 bits per heavy atom. The largest absolute Gasteiger partial charge is 0.497 e. The minimum absolute atomic E-state index is 0.145. The Labute approximate surface area is 244 Å². The number of aryl methyl sites for hydroxylation is 1. The molecule has 5 rings (SSSR count). The zero-order chi connectivity index (χ0) is 29.3. The van der Waals surface area contributed by atoms with Crippen LogP contribution in [0.25, 0.3) is 6.08 Å². The first kappa shape index (κ1) is 28.7. The Kier molecular flexibility index (Phi) is 8.35. The quantitative estimate of drug-likeness (QED) is 0.406. The van der Waals surface area contributed by atoms with Gasteiger partial charge in [0.1, 0.15) is 17.5 Å². The lowest BCUT2D eigenvalue weighted by Crippen LogP contribution is -2.43. The van der Waals surface area contributed by atoms with Crippen LogP contribution in [-0.4, -0.2) is 55.8 Å². The van der Waals surface area contributed by atoms with E-state index in [-0.39, 0.29) is 11.5 Å². The molecule has 9 heteroatoms. The summed E-state index contributed by atoms with van der Waals surface area (Å²) in [5.74, 6) is 1.03. The lowest BCUT2D eigenvalue weighted by molar-refractivity contribution is -0.127.